The largest absolute Gasteiger partial charge is 0.493 e. The Morgan fingerprint density at radius 2 is 1.97 bits per heavy atom. The Hall–Kier alpha value is -3.71. The zero-order valence-electron chi connectivity index (χ0n) is 20.8. The molecule has 3 unspecified atom stereocenters. The van der Waals surface area contributed by atoms with Crippen LogP contribution in [0, 0.1) is 17.6 Å². The average Bonchev–Trinajstić information content (AvgIpc) is 2.90. The van der Waals surface area contributed by atoms with Crippen molar-refractivity contribution in [3.05, 3.63) is 65.6 Å². The van der Waals surface area contributed by atoms with E-state index in [2.05, 4.69) is 15.3 Å². The number of halogens is 2. The number of anilines is 2. The zero-order valence-corrected chi connectivity index (χ0v) is 20.8. The van der Waals surface area contributed by atoms with Crippen molar-refractivity contribution in [1.82, 2.24) is 9.97 Å². The van der Waals surface area contributed by atoms with Gasteiger partial charge in [0.25, 0.3) is 5.91 Å². The van der Waals surface area contributed by atoms with Crippen molar-refractivity contribution in [3.63, 3.8) is 0 Å². The van der Waals surface area contributed by atoms with Gasteiger partial charge in [0.15, 0.2) is 0 Å². The predicted octanol–water partition coefficient (Wildman–Crippen LogP) is 1.80. The number of aromatic nitrogens is 2. The molecule has 2 aromatic heterocycles. The zero-order chi connectivity index (χ0) is 27.3. The molecule has 6 rings (SSSR count). The standard InChI is InChI=1S/C27H27F2N5O5/c28-16-1-2-19-26(36)33-20-9-31-5-3-21(20)34-10-14(25(35)18(30)11-34)4-6-39-22-8-15(27(37)12-38-13-27)7-17(29)23(22)24(16)32-19/h1-3,5,7-9,14,18,25,35,37H,4,6,10-13,30H2,(H,33,36). The van der Waals surface area contributed by atoms with Gasteiger partial charge in [0.05, 0.1) is 49.1 Å². The molecule has 1 amide bonds. The first-order valence-electron chi connectivity index (χ1n) is 12.6. The molecular formula is C27H27F2N5O5. The number of ether oxygens (including phenoxy) is 2. The van der Waals surface area contributed by atoms with Gasteiger partial charge in [-0.2, -0.15) is 0 Å². The number of aliphatic hydroxyl groups excluding tert-OH is 1. The first-order valence-corrected chi connectivity index (χ1v) is 12.6. The van der Waals surface area contributed by atoms with Crippen LogP contribution in [0.1, 0.15) is 22.5 Å². The highest BCUT2D eigenvalue weighted by Gasteiger charge is 2.40. The molecule has 3 atom stereocenters. The van der Waals surface area contributed by atoms with Crippen LogP contribution < -0.4 is 20.7 Å². The Morgan fingerprint density at radius 3 is 2.74 bits per heavy atom. The third-order valence-corrected chi connectivity index (χ3v) is 7.53. The maximum absolute atomic E-state index is 15.6. The Morgan fingerprint density at radius 1 is 1.15 bits per heavy atom. The summed E-state index contributed by atoms with van der Waals surface area (Å²) >= 11 is 0. The SMILES string of the molecule is NC1CN2CC(CCOc3cc(C4(O)COC4)cc(F)c3-c3nc(ccc3F)C(=O)Nc3cnccc32)C1O. The van der Waals surface area contributed by atoms with E-state index in [0.29, 0.717) is 30.9 Å². The molecule has 5 heterocycles. The van der Waals surface area contributed by atoms with Gasteiger partial charge in [-0.1, -0.05) is 0 Å². The molecule has 0 aliphatic carbocycles. The van der Waals surface area contributed by atoms with Crippen LogP contribution in [-0.2, 0) is 10.3 Å². The second-order valence-corrected chi connectivity index (χ2v) is 10.2. The molecule has 4 bridgehead atoms. The first kappa shape index (κ1) is 25.6. The van der Waals surface area contributed by atoms with Crippen molar-refractivity contribution in [2.45, 2.75) is 24.2 Å². The fourth-order valence-electron chi connectivity index (χ4n) is 5.30. The first-order chi connectivity index (χ1) is 18.7. The number of carbonyl (C=O) groups is 1. The highest BCUT2D eigenvalue weighted by atomic mass is 19.1. The number of nitrogens with one attached hydrogen (secondary N) is 1. The van der Waals surface area contributed by atoms with Gasteiger partial charge in [0.1, 0.15) is 34.4 Å². The number of pyridine rings is 2. The molecule has 2 fully saturated rings. The Labute approximate surface area is 222 Å². The van der Waals surface area contributed by atoms with E-state index in [-0.39, 0.29) is 48.3 Å². The van der Waals surface area contributed by atoms with Crippen LogP contribution >= 0.6 is 0 Å². The van der Waals surface area contributed by atoms with E-state index in [9.17, 15) is 15.0 Å². The lowest BCUT2D eigenvalue weighted by Crippen LogP contribution is -2.56. The van der Waals surface area contributed by atoms with E-state index in [1.807, 2.05) is 4.90 Å². The molecule has 3 aliphatic heterocycles. The number of piperidine rings is 1. The summed E-state index contributed by atoms with van der Waals surface area (Å²) in [4.78, 5) is 23.5. The molecule has 2 saturated heterocycles. The Balaban J connectivity index is 1.48. The number of aliphatic hydroxyl groups is 2. The number of benzene rings is 1. The smallest absolute Gasteiger partial charge is 0.274 e. The number of hydrogen-bond acceptors (Lipinski definition) is 9. The van der Waals surface area contributed by atoms with Gasteiger partial charge in [0, 0.05) is 31.2 Å². The monoisotopic (exact) mass is 539 g/mol. The van der Waals surface area contributed by atoms with E-state index in [1.165, 1.54) is 18.3 Å². The molecule has 12 heteroatoms. The van der Waals surface area contributed by atoms with Crippen molar-refractivity contribution < 1.29 is 33.3 Å². The fourth-order valence-corrected chi connectivity index (χ4v) is 5.30. The molecule has 3 aromatic rings. The third kappa shape index (κ3) is 4.59. The van der Waals surface area contributed by atoms with Crippen LogP contribution in [0.25, 0.3) is 11.3 Å². The summed E-state index contributed by atoms with van der Waals surface area (Å²) in [6.45, 7) is 0.733. The molecule has 1 aromatic carbocycles. The Kier molecular flexibility index (Phi) is 6.42. The molecule has 10 nitrogen and oxygen atoms in total. The van der Waals surface area contributed by atoms with Crippen LogP contribution in [0.4, 0.5) is 20.2 Å². The minimum atomic E-state index is -1.41. The van der Waals surface area contributed by atoms with Crippen molar-refractivity contribution in [3.8, 4) is 17.0 Å². The molecular weight excluding hydrogens is 512 g/mol. The van der Waals surface area contributed by atoms with Crippen molar-refractivity contribution >= 4 is 17.3 Å². The van der Waals surface area contributed by atoms with Gasteiger partial charge in [-0.3, -0.25) is 9.78 Å². The topological polar surface area (TPSA) is 143 Å². The number of hydrogen-bond donors (Lipinski definition) is 4. The summed E-state index contributed by atoms with van der Waals surface area (Å²) < 4.78 is 41.8. The second kappa shape index (κ2) is 9.79. The molecule has 0 saturated carbocycles. The molecule has 204 valence electrons. The number of nitrogens with two attached hydrogens (primary N) is 1. The van der Waals surface area contributed by atoms with Crippen LogP contribution in [0.15, 0.2) is 42.7 Å². The Bertz CT molecular complexity index is 1440. The highest BCUT2D eigenvalue weighted by molar-refractivity contribution is 6.05. The molecule has 3 aliphatic rings. The lowest BCUT2D eigenvalue weighted by Gasteiger charge is -2.41. The number of rotatable bonds is 1. The van der Waals surface area contributed by atoms with Gasteiger partial charge < -0.3 is 35.6 Å². The average molecular weight is 540 g/mol. The molecule has 0 spiro atoms. The quantitative estimate of drug-likeness (QED) is 0.364. The van der Waals surface area contributed by atoms with Crippen molar-refractivity contribution in [1.29, 1.82) is 0 Å². The minimum Gasteiger partial charge on any atom is -0.493 e. The normalized spacial score (nSPS) is 24.2. The van der Waals surface area contributed by atoms with Gasteiger partial charge in [-0.25, -0.2) is 13.8 Å². The highest BCUT2D eigenvalue weighted by Crippen LogP contribution is 2.40. The summed E-state index contributed by atoms with van der Waals surface area (Å²) in [5, 5.41) is 24.4. The van der Waals surface area contributed by atoms with Gasteiger partial charge in [-0.15, -0.1) is 0 Å². The van der Waals surface area contributed by atoms with Crippen molar-refractivity contribution in [2.24, 2.45) is 11.7 Å². The van der Waals surface area contributed by atoms with Gasteiger partial charge in [-0.05, 0) is 42.3 Å². The van der Waals surface area contributed by atoms with Crippen LogP contribution in [0.2, 0.25) is 0 Å². The maximum Gasteiger partial charge on any atom is 0.274 e. The van der Waals surface area contributed by atoms with E-state index in [1.54, 1.807) is 12.3 Å². The summed E-state index contributed by atoms with van der Waals surface area (Å²) in [5.41, 5.74) is 5.28. The van der Waals surface area contributed by atoms with E-state index in [4.69, 9.17) is 15.2 Å². The molecule has 5 N–H and O–H groups in total. The van der Waals surface area contributed by atoms with Crippen LogP contribution in [0.5, 0.6) is 5.75 Å². The summed E-state index contributed by atoms with van der Waals surface area (Å²) in [5.74, 6) is -2.77. The van der Waals surface area contributed by atoms with Gasteiger partial charge in [0.2, 0.25) is 0 Å². The summed E-state index contributed by atoms with van der Waals surface area (Å²) in [6.07, 6.45) is 2.58. The summed E-state index contributed by atoms with van der Waals surface area (Å²) in [6, 6.07) is 5.92. The predicted molar refractivity (Wildman–Crippen MR) is 136 cm³/mol. The van der Waals surface area contributed by atoms with Crippen LogP contribution in [-0.4, -0.2) is 71.1 Å². The fraction of sp³-hybridized carbons (Fsp3) is 0.370. The molecule has 0 radical (unpaired) electrons. The maximum atomic E-state index is 15.6. The van der Waals surface area contributed by atoms with Crippen molar-refractivity contribution in [2.75, 3.05) is 43.1 Å². The number of nitrogens with zero attached hydrogens (tertiary/aromatic N) is 3. The second-order valence-electron chi connectivity index (χ2n) is 10.2. The lowest BCUT2D eigenvalue weighted by molar-refractivity contribution is -0.184. The van der Waals surface area contributed by atoms with Crippen LogP contribution in [0.3, 0.4) is 0 Å². The number of amides is 1. The van der Waals surface area contributed by atoms with E-state index < -0.39 is 41.0 Å². The number of fused-ring (bicyclic) bond motifs is 8. The minimum absolute atomic E-state index is 0.0229. The summed E-state index contributed by atoms with van der Waals surface area (Å²) in [7, 11) is 0. The molecule has 39 heavy (non-hydrogen) atoms. The van der Waals surface area contributed by atoms with E-state index >= 15 is 8.78 Å². The third-order valence-electron chi connectivity index (χ3n) is 7.53. The lowest BCUT2D eigenvalue weighted by atomic mass is 9.88. The van der Waals surface area contributed by atoms with Gasteiger partial charge >= 0.3 is 0 Å². The number of carbonyl (C=O) groups excluding carboxylic acids is 1. The van der Waals surface area contributed by atoms with E-state index in [0.717, 1.165) is 12.1 Å².